The smallest absolute Gasteiger partial charge is 0.338 e. The van der Waals surface area contributed by atoms with Crippen LogP contribution in [0.2, 0.25) is 15.1 Å². The second-order valence-corrected chi connectivity index (χ2v) is 21.7. The van der Waals surface area contributed by atoms with Crippen LogP contribution < -0.4 is 16.0 Å². The lowest BCUT2D eigenvalue weighted by Crippen LogP contribution is -2.33. The number of rotatable bonds is 22. The minimum absolute atomic E-state index is 0.194. The van der Waals surface area contributed by atoms with Crippen molar-refractivity contribution in [2.75, 3.05) is 76.5 Å². The van der Waals surface area contributed by atoms with Gasteiger partial charge in [0, 0.05) is 122 Å². The molecule has 9 rings (SSSR count). The molecule has 3 heterocycles. The standard InChI is InChI=1S/C67H64Cl3N9O9/c1-9-77(10-2)62(80)49-35-72-60(46-20-15-22-52(68)56(46)49)75-44-30-39(29-42(34-44)66(84)87-7)25-27-78(11-3)64(82)51-37-73-61(47-21-16-24-54(70)58(47)51)76-55-32-40(31-48(38(55)5)67(85)88-8)26-28-79(12-4)63(81)50-36-71-59(45-19-14-23-53(69)57(45)50)74-43-18-13-17-41(33-43)65(83)86-6/h13-24,29-37H,9-12,25-28H2,1-8H3,(H,71,74)(H,72,75)(H,73,76). The number of pyridine rings is 3. The molecule has 0 fully saturated rings. The minimum atomic E-state index is -0.569. The van der Waals surface area contributed by atoms with Gasteiger partial charge in [-0.05, 0) is 131 Å². The zero-order valence-corrected chi connectivity index (χ0v) is 52.0. The molecule has 0 unspecified atom stereocenters. The average molecular weight is 1250 g/mol. The van der Waals surface area contributed by atoms with Crippen LogP contribution in [0.15, 0.2) is 128 Å². The summed E-state index contributed by atoms with van der Waals surface area (Å²) in [7, 11) is 3.92. The fraction of sp³-hybridized carbons (Fsp3) is 0.239. The number of nitrogens with one attached hydrogen (secondary N) is 3. The molecule has 3 N–H and O–H groups in total. The van der Waals surface area contributed by atoms with E-state index in [1.165, 1.54) is 39.9 Å². The van der Waals surface area contributed by atoms with Crippen LogP contribution in [-0.4, -0.2) is 126 Å². The maximum Gasteiger partial charge on any atom is 0.338 e. The number of aromatic nitrogens is 3. The number of ether oxygens (including phenoxy) is 3. The third-order valence-corrected chi connectivity index (χ3v) is 16.3. The van der Waals surface area contributed by atoms with E-state index in [9.17, 15) is 28.8 Å². The Morgan fingerprint density at radius 1 is 0.443 bits per heavy atom. The van der Waals surface area contributed by atoms with Gasteiger partial charge in [-0.15, -0.1) is 0 Å². The van der Waals surface area contributed by atoms with Gasteiger partial charge in [0.25, 0.3) is 17.7 Å². The summed E-state index contributed by atoms with van der Waals surface area (Å²) in [6.07, 6.45) is 5.11. The van der Waals surface area contributed by atoms with Crippen molar-refractivity contribution in [1.82, 2.24) is 29.7 Å². The summed E-state index contributed by atoms with van der Waals surface area (Å²) in [4.78, 5) is 101. The summed E-state index contributed by atoms with van der Waals surface area (Å²) in [5.74, 6) is -1.27. The third kappa shape index (κ3) is 13.3. The van der Waals surface area contributed by atoms with Gasteiger partial charge >= 0.3 is 17.9 Å². The Morgan fingerprint density at radius 3 is 1.32 bits per heavy atom. The Balaban J connectivity index is 0.957. The van der Waals surface area contributed by atoms with Gasteiger partial charge in [0.1, 0.15) is 17.5 Å². The molecule has 88 heavy (non-hydrogen) atoms. The quantitative estimate of drug-likeness (QED) is 0.0425. The Kier molecular flexibility index (Phi) is 20.1. The molecule has 0 bridgehead atoms. The van der Waals surface area contributed by atoms with Crippen molar-refractivity contribution in [3.05, 3.63) is 193 Å². The van der Waals surface area contributed by atoms with Crippen LogP contribution in [0.1, 0.15) is 107 Å². The van der Waals surface area contributed by atoms with Crippen LogP contribution >= 0.6 is 34.8 Å². The van der Waals surface area contributed by atoms with E-state index in [4.69, 9.17) is 54.0 Å². The summed E-state index contributed by atoms with van der Waals surface area (Å²) in [5, 5.41) is 14.3. The van der Waals surface area contributed by atoms with E-state index in [2.05, 4.69) is 25.9 Å². The summed E-state index contributed by atoms with van der Waals surface area (Å²) >= 11 is 20.6. The lowest BCUT2D eigenvalue weighted by Gasteiger charge is -2.24. The zero-order chi connectivity index (χ0) is 62.9. The SMILES string of the molecule is CCN(CC)C(=O)c1cnc(Nc2cc(CCN(CC)C(=O)c3cnc(Nc4cc(CCN(CC)C(=O)c5cnc(Nc6cccc(C(=O)OC)c6)c6cccc(Cl)c56)cc(C(=O)OC)c4C)c4cccc(Cl)c34)cc(C(=O)OC)c2)c2cccc(Cl)c12. The number of anilines is 6. The number of fused-ring (bicyclic) bond motifs is 3. The van der Waals surface area contributed by atoms with Gasteiger partial charge in [0.2, 0.25) is 0 Å². The molecule has 0 aliphatic rings. The molecule has 9 aromatic rings. The normalized spacial score (nSPS) is 11.1. The second-order valence-electron chi connectivity index (χ2n) is 20.5. The molecular weight excluding hydrogens is 1180 g/mol. The zero-order valence-electron chi connectivity index (χ0n) is 49.8. The number of carbonyl (C=O) groups excluding carboxylic acids is 6. The molecule has 0 spiro atoms. The van der Waals surface area contributed by atoms with Crippen LogP contribution in [0.25, 0.3) is 32.3 Å². The number of nitrogens with zero attached hydrogens (tertiary/aromatic N) is 6. The Morgan fingerprint density at radius 2 is 0.852 bits per heavy atom. The number of likely N-dealkylation sites (N-methyl/N-ethyl adjacent to an activating group) is 2. The summed E-state index contributed by atoms with van der Waals surface area (Å²) in [6, 6.07) is 31.5. The predicted octanol–water partition coefficient (Wildman–Crippen LogP) is 14.1. The molecule has 0 aliphatic carbocycles. The van der Waals surface area contributed by atoms with E-state index in [0.717, 1.165) is 0 Å². The number of esters is 3. The van der Waals surface area contributed by atoms with E-state index in [1.807, 2.05) is 52.0 Å². The molecule has 0 atom stereocenters. The van der Waals surface area contributed by atoms with Crippen LogP contribution in [0.5, 0.6) is 0 Å². The third-order valence-electron chi connectivity index (χ3n) is 15.4. The Bertz CT molecular complexity index is 4220. The van der Waals surface area contributed by atoms with E-state index >= 15 is 0 Å². The Hall–Kier alpha value is -9.36. The highest BCUT2D eigenvalue weighted by Crippen LogP contribution is 2.38. The summed E-state index contributed by atoms with van der Waals surface area (Å²) in [6.45, 7) is 11.5. The fourth-order valence-electron chi connectivity index (χ4n) is 10.7. The number of benzene rings is 6. The van der Waals surface area contributed by atoms with Crippen molar-refractivity contribution in [2.24, 2.45) is 0 Å². The predicted molar refractivity (Wildman–Crippen MR) is 346 cm³/mol. The largest absolute Gasteiger partial charge is 0.465 e. The number of hydrogen-bond donors (Lipinski definition) is 3. The minimum Gasteiger partial charge on any atom is -0.465 e. The first-order valence-electron chi connectivity index (χ1n) is 28.5. The van der Waals surface area contributed by atoms with E-state index in [1.54, 1.807) is 107 Å². The highest BCUT2D eigenvalue weighted by atomic mass is 35.5. The number of carbonyl (C=O) groups is 6. The highest BCUT2D eigenvalue weighted by molar-refractivity contribution is 6.38. The second kappa shape index (κ2) is 28.0. The number of methoxy groups -OCH3 is 3. The molecule has 6 aromatic carbocycles. The number of hydrogen-bond acceptors (Lipinski definition) is 15. The van der Waals surface area contributed by atoms with E-state index < -0.39 is 17.9 Å². The monoisotopic (exact) mass is 1240 g/mol. The molecule has 0 radical (unpaired) electrons. The lowest BCUT2D eigenvalue weighted by atomic mass is 9.99. The molecule has 0 saturated carbocycles. The molecule has 0 aliphatic heterocycles. The maximum atomic E-state index is 14.8. The topological polar surface area (TPSA) is 215 Å². The number of halogens is 3. The van der Waals surface area contributed by atoms with Crippen molar-refractivity contribution >= 4 is 137 Å². The maximum absolute atomic E-state index is 14.8. The summed E-state index contributed by atoms with van der Waals surface area (Å²) < 4.78 is 15.3. The van der Waals surface area contributed by atoms with Crippen LogP contribution in [0.3, 0.4) is 0 Å². The number of amides is 3. The Labute approximate surface area is 524 Å². The molecule has 21 heteroatoms. The molecule has 452 valence electrons. The first-order valence-corrected chi connectivity index (χ1v) is 29.6. The van der Waals surface area contributed by atoms with Crippen LogP contribution in [0, 0.1) is 6.92 Å². The van der Waals surface area contributed by atoms with E-state index in [0.29, 0.717) is 154 Å². The van der Waals surface area contributed by atoms with Crippen molar-refractivity contribution in [3.8, 4) is 0 Å². The molecule has 3 amide bonds. The first kappa shape index (κ1) is 63.2. The van der Waals surface area contributed by atoms with Crippen molar-refractivity contribution in [3.63, 3.8) is 0 Å². The van der Waals surface area contributed by atoms with Gasteiger partial charge in [0.15, 0.2) is 0 Å². The van der Waals surface area contributed by atoms with Gasteiger partial charge in [-0.1, -0.05) is 77.3 Å². The van der Waals surface area contributed by atoms with Crippen LogP contribution in [0.4, 0.5) is 34.5 Å². The molecule has 18 nitrogen and oxygen atoms in total. The lowest BCUT2D eigenvalue weighted by molar-refractivity contribution is 0.0591. The van der Waals surface area contributed by atoms with E-state index in [-0.39, 0.29) is 47.5 Å². The summed E-state index contributed by atoms with van der Waals surface area (Å²) in [5.41, 5.74) is 5.41. The van der Waals surface area contributed by atoms with Gasteiger partial charge in [-0.3, -0.25) is 14.4 Å². The van der Waals surface area contributed by atoms with Crippen molar-refractivity contribution in [2.45, 2.75) is 47.5 Å². The molecular formula is C67H64Cl3N9O9. The fourth-order valence-corrected chi connectivity index (χ4v) is 11.5. The highest BCUT2D eigenvalue weighted by Gasteiger charge is 2.26. The van der Waals surface area contributed by atoms with Crippen molar-refractivity contribution < 1.29 is 43.0 Å². The van der Waals surface area contributed by atoms with Gasteiger partial charge in [0.05, 0.1) is 54.7 Å². The molecule has 0 saturated heterocycles. The average Bonchev–Trinajstić information content (AvgIpc) is 1.48. The van der Waals surface area contributed by atoms with Gasteiger partial charge in [-0.2, -0.15) is 0 Å². The van der Waals surface area contributed by atoms with Crippen LogP contribution in [-0.2, 0) is 27.1 Å². The van der Waals surface area contributed by atoms with Crippen molar-refractivity contribution in [1.29, 1.82) is 0 Å². The van der Waals surface area contributed by atoms with Gasteiger partial charge < -0.3 is 44.9 Å². The first-order chi connectivity index (χ1) is 42.4. The van der Waals surface area contributed by atoms with Gasteiger partial charge in [-0.25, -0.2) is 29.3 Å². The molecule has 3 aromatic heterocycles.